The van der Waals surface area contributed by atoms with Gasteiger partial charge in [-0.15, -0.1) is 0 Å². The highest BCUT2D eigenvalue weighted by Crippen LogP contribution is 2.40. The highest BCUT2D eigenvalue weighted by Gasteiger charge is 2.45. The van der Waals surface area contributed by atoms with Crippen molar-refractivity contribution in [1.29, 1.82) is 0 Å². The first kappa shape index (κ1) is 29.4. The van der Waals surface area contributed by atoms with E-state index in [2.05, 4.69) is 18.4 Å². The molecule has 2 aliphatic rings. The van der Waals surface area contributed by atoms with Gasteiger partial charge in [-0.1, -0.05) is 38.1 Å². The molecular weight excluding hydrogens is 508 g/mol. The zero-order valence-corrected chi connectivity index (χ0v) is 23.6. The van der Waals surface area contributed by atoms with Gasteiger partial charge in [0.25, 0.3) is 11.7 Å². The Labute approximate surface area is 236 Å². The molecule has 2 heterocycles. The highest BCUT2D eigenvalue weighted by molar-refractivity contribution is 6.46. The number of aliphatic hydroxyl groups excluding tert-OH is 1. The number of amides is 1. The van der Waals surface area contributed by atoms with Crippen LogP contribution in [0.5, 0.6) is 11.5 Å². The topological polar surface area (TPSA) is 88.5 Å². The van der Waals surface area contributed by atoms with E-state index in [4.69, 9.17) is 14.2 Å². The van der Waals surface area contributed by atoms with Gasteiger partial charge in [0.1, 0.15) is 23.9 Å². The second kappa shape index (κ2) is 14.1. The van der Waals surface area contributed by atoms with E-state index in [1.54, 1.807) is 41.3 Å². The number of nitrogens with zero attached hydrogens (tertiary/aromatic N) is 2. The first-order valence-electron chi connectivity index (χ1n) is 14.1. The molecule has 1 N–H and O–H groups in total. The SMILES string of the molecule is C=CCOc1ccc(C2/C(=C(\O)c3ccc(OCCCC)c(C)c3)C(=O)C(=O)N2CCCN2CCOCC2)cc1. The number of carbonyl (C=O) groups excluding carboxylic acids is 2. The van der Waals surface area contributed by atoms with E-state index in [0.29, 0.717) is 50.7 Å². The third-order valence-corrected chi connectivity index (χ3v) is 7.28. The number of carbonyl (C=O) groups is 2. The highest BCUT2D eigenvalue weighted by atomic mass is 16.5. The van der Waals surface area contributed by atoms with E-state index in [1.807, 2.05) is 19.1 Å². The summed E-state index contributed by atoms with van der Waals surface area (Å²) >= 11 is 0. The smallest absolute Gasteiger partial charge is 0.295 e. The molecule has 1 atom stereocenters. The summed E-state index contributed by atoms with van der Waals surface area (Å²) in [5.74, 6) is -0.0739. The monoisotopic (exact) mass is 548 g/mol. The molecule has 8 nitrogen and oxygen atoms in total. The third kappa shape index (κ3) is 6.92. The van der Waals surface area contributed by atoms with E-state index >= 15 is 0 Å². The number of ether oxygens (including phenoxy) is 3. The first-order chi connectivity index (χ1) is 19.4. The van der Waals surface area contributed by atoms with Gasteiger partial charge in [0, 0.05) is 31.7 Å². The number of rotatable bonds is 13. The number of Topliss-reactive ketones (excluding diaryl/α,β-unsaturated/α-hetero) is 1. The van der Waals surface area contributed by atoms with Crippen LogP contribution in [0, 0.1) is 6.92 Å². The summed E-state index contributed by atoms with van der Waals surface area (Å²) < 4.78 is 16.9. The minimum Gasteiger partial charge on any atom is -0.507 e. The largest absolute Gasteiger partial charge is 0.507 e. The normalized spacial score (nSPS) is 19.1. The molecule has 1 amide bonds. The van der Waals surface area contributed by atoms with Gasteiger partial charge in [-0.3, -0.25) is 14.5 Å². The molecule has 8 heteroatoms. The second-order valence-corrected chi connectivity index (χ2v) is 10.2. The Morgan fingerprint density at radius 3 is 2.50 bits per heavy atom. The second-order valence-electron chi connectivity index (χ2n) is 10.2. The molecule has 0 bridgehead atoms. The lowest BCUT2D eigenvalue weighted by Gasteiger charge is -2.29. The van der Waals surface area contributed by atoms with Crippen LogP contribution < -0.4 is 9.47 Å². The van der Waals surface area contributed by atoms with Gasteiger partial charge in [-0.2, -0.15) is 0 Å². The average Bonchev–Trinajstić information content (AvgIpc) is 3.22. The Kier molecular flexibility index (Phi) is 10.4. The van der Waals surface area contributed by atoms with Crippen molar-refractivity contribution in [3.05, 3.63) is 77.4 Å². The van der Waals surface area contributed by atoms with Crippen molar-refractivity contribution in [2.24, 2.45) is 0 Å². The fraction of sp³-hybridized carbons (Fsp3) is 0.438. The van der Waals surface area contributed by atoms with Crippen molar-refractivity contribution in [3.63, 3.8) is 0 Å². The van der Waals surface area contributed by atoms with E-state index in [9.17, 15) is 14.7 Å². The van der Waals surface area contributed by atoms with Crippen molar-refractivity contribution in [2.75, 3.05) is 52.6 Å². The van der Waals surface area contributed by atoms with E-state index < -0.39 is 17.7 Å². The van der Waals surface area contributed by atoms with Gasteiger partial charge in [0.2, 0.25) is 0 Å². The lowest BCUT2D eigenvalue weighted by molar-refractivity contribution is -0.140. The number of hydrogen-bond acceptors (Lipinski definition) is 7. The summed E-state index contributed by atoms with van der Waals surface area (Å²) in [6, 6.07) is 11.9. The molecule has 0 aromatic heterocycles. The minimum atomic E-state index is -0.709. The van der Waals surface area contributed by atoms with Crippen molar-refractivity contribution in [3.8, 4) is 11.5 Å². The van der Waals surface area contributed by atoms with Crippen LogP contribution in [0.15, 0.2) is 60.7 Å². The summed E-state index contributed by atoms with van der Waals surface area (Å²) in [5.41, 5.74) is 2.15. The zero-order valence-electron chi connectivity index (χ0n) is 23.6. The maximum absolute atomic E-state index is 13.4. The van der Waals surface area contributed by atoms with Crippen LogP contribution in [0.4, 0.5) is 0 Å². The van der Waals surface area contributed by atoms with E-state index in [0.717, 1.165) is 49.4 Å². The fourth-order valence-corrected chi connectivity index (χ4v) is 5.09. The average molecular weight is 549 g/mol. The van der Waals surface area contributed by atoms with Crippen molar-refractivity contribution in [2.45, 2.75) is 39.2 Å². The number of hydrogen-bond donors (Lipinski definition) is 1. The van der Waals surface area contributed by atoms with Gasteiger partial charge < -0.3 is 24.2 Å². The predicted octanol–water partition coefficient (Wildman–Crippen LogP) is 4.88. The Hall–Kier alpha value is -3.62. The summed E-state index contributed by atoms with van der Waals surface area (Å²) in [7, 11) is 0. The van der Waals surface area contributed by atoms with Crippen LogP contribution in [0.2, 0.25) is 0 Å². The van der Waals surface area contributed by atoms with Crippen LogP contribution in [-0.4, -0.2) is 79.2 Å². The molecule has 0 radical (unpaired) electrons. The summed E-state index contributed by atoms with van der Waals surface area (Å²) in [6.45, 7) is 13.0. The molecule has 2 aromatic rings. The molecular formula is C32H40N2O6. The number of morpholine rings is 1. The molecule has 2 fully saturated rings. The number of ketones is 1. The van der Waals surface area contributed by atoms with Gasteiger partial charge in [-0.05, 0) is 61.2 Å². The van der Waals surface area contributed by atoms with Crippen molar-refractivity contribution < 1.29 is 28.9 Å². The molecule has 214 valence electrons. The first-order valence-corrected chi connectivity index (χ1v) is 14.1. The number of aryl methyl sites for hydroxylation is 1. The number of likely N-dealkylation sites (tertiary alicyclic amines) is 1. The number of aliphatic hydroxyl groups is 1. The third-order valence-electron chi connectivity index (χ3n) is 7.28. The van der Waals surface area contributed by atoms with E-state index in [-0.39, 0.29) is 11.3 Å². The molecule has 0 saturated carbocycles. The van der Waals surface area contributed by atoms with Gasteiger partial charge >= 0.3 is 0 Å². The van der Waals surface area contributed by atoms with Crippen LogP contribution in [-0.2, 0) is 14.3 Å². The molecule has 2 saturated heterocycles. The van der Waals surface area contributed by atoms with Crippen LogP contribution in [0.3, 0.4) is 0 Å². The van der Waals surface area contributed by atoms with E-state index in [1.165, 1.54) is 0 Å². The molecule has 40 heavy (non-hydrogen) atoms. The number of unbranched alkanes of at least 4 members (excludes halogenated alkanes) is 1. The molecule has 1 unspecified atom stereocenters. The zero-order chi connectivity index (χ0) is 28.5. The predicted molar refractivity (Wildman–Crippen MR) is 155 cm³/mol. The Balaban J connectivity index is 1.65. The molecule has 0 aliphatic carbocycles. The Morgan fingerprint density at radius 1 is 1.07 bits per heavy atom. The fourth-order valence-electron chi connectivity index (χ4n) is 5.09. The van der Waals surface area contributed by atoms with Gasteiger partial charge in [0.05, 0.1) is 31.4 Å². The van der Waals surface area contributed by atoms with Crippen LogP contribution in [0.1, 0.15) is 48.9 Å². The standard InChI is InChI=1S/C32H40N2O6/c1-4-6-19-40-27-13-10-25(22-23(27)3)30(35)28-29(24-8-11-26(12-9-24)39-18-5-2)34(32(37)31(28)36)15-7-14-33-16-20-38-21-17-33/h5,8-13,22,29,35H,2,4,6-7,14-21H2,1,3H3/b30-28+. The van der Waals surface area contributed by atoms with Crippen molar-refractivity contribution in [1.82, 2.24) is 9.80 Å². The molecule has 4 rings (SSSR count). The number of benzene rings is 2. The molecule has 0 spiro atoms. The summed E-state index contributed by atoms with van der Waals surface area (Å²) in [5, 5.41) is 11.5. The van der Waals surface area contributed by atoms with Gasteiger partial charge in [-0.25, -0.2) is 0 Å². The Morgan fingerprint density at radius 2 is 1.82 bits per heavy atom. The summed E-state index contributed by atoms with van der Waals surface area (Å²) in [4.78, 5) is 30.6. The minimum absolute atomic E-state index is 0.0928. The molecule has 2 aromatic carbocycles. The Bertz CT molecular complexity index is 1220. The lowest BCUT2D eigenvalue weighted by atomic mass is 9.94. The van der Waals surface area contributed by atoms with Crippen molar-refractivity contribution >= 4 is 17.4 Å². The van der Waals surface area contributed by atoms with Crippen LogP contribution in [0.25, 0.3) is 5.76 Å². The maximum atomic E-state index is 13.4. The quantitative estimate of drug-likeness (QED) is 0.125. The maximum Gasteiger partial charge on any atom is 0.295 e. The van der Waals surface area contributed by atoms with Crippen LogP contribution >= 0.6 is 0 Å². The molecule has 2 aliphatic heterocycles. The lowest BCUT2D eigenvalue weighted by Crippen LogP contribution is -2.38. The van der Waals surface area contributed by atoms with Gasteiger partial charge in [0.15, 0.2) is 0 Å². The summed E-state index contributed by atoms with van der Waals surface area (Å²) in [6.07, 6.45) is 4.35.